The summed E-state index contributed by atoms with van der Waals surface area (Å²) in [6, 6.07) is 0. The highest BCUT2D eigenvalue weighted by Crippen LogP contribution is 2.55. The molecule has 0 rings (SSSR count). The van der Waals surface area contributed by atoms with Crippen molar-refractivity contribution in [2.24, 2.45) is 0 Å². The second-order valence-corrected chi connectivity index (χ2v) is 6.89. The van der Waals surface area contributed by atoms with E-state index in [4.69, 9.17) is 4.52 Å². The molecule has 86 valence electrons. The number of nitrogens with zero attached hydrogens (tertiary/aromatic N) is 1. The van der Waals surface area contributed by atoms with Crippen LogP contribution in [0.4, 0.5) is 0 Å². The van der Waals surface area contributed by atoms with Gasteiger partial charge in [0.05, 0.1) is 6.10 Å². The van der Waals surface area contributed by atoms with Crippen LogP contribution in [0.1, 0.15) is 41.5 Å². The van der Waals surface area contributed by atoms with Crippen LogP contribution in [0.15, 0.2) is 0 Å². The summed E-state index contributed by atoms with van der Waals surface area (Å²) in [5.41, 5.74) is 0.0600. The van der Waals surface area contributed by atoms with E-state index in [0.29, 0.717) is 0 Å². The quantitative estimate of drug-likeness (QED) is 0.644. The molecule has 0 aromatic heterocycles. The molecule has 0 aromatic rings. The van der Waals surface area contributed by atoms with Crippen LogP contribution >= 0.6 is 7.52 Å². The molecule has 0 aliphatic heterocycles. The van der Waals surface area contributed by atoms with E-state index in [1.165, 1.54) is 0 Å². The van der Waals surface area contributed by atoms with Gasteiger partial charge in [0.25, 0.3) is 7.52 Å². The van der Waals surface area contributed by atoms with E-state index in [1.807, 2.05) is 46.2 Å². The van der Waals surface area contributed by atoms with Gasteiger partial charge in [0, 0.05) is 18.7 Å². The molecule has 0 saturated carbocycles. The first-order chi connectivity index (χ1) is 6.38. The third kappa shape index (κ3) is 3.38. The Morgan fingerprint density at radius 3 is 1.79 bits per heavy atom. The van der Waals surface area contributed by atoms with Gasteiger partial charge < -0.3 is 4.52 Å². The van der Waals surface area contributed by atoms with Gasteiger partial charge in [-0.25, -0.2) is 4.67 Å². The largest absolute Gasteiger partial charge is 0.314 e. The Hall–Kier alpha value is 0.150. The van der Waals surface area contributed by atoms with Crippen LogP contribution in [0, 0.1) is 0 Å². The van der Waals surface area contributed by atoms with E-state index in [2.05, 4.69) is 0 Å². The number of hydrogen-bond donors (Lipinski definition) is 0. The van der Waals surface area contributed by atoms with Gasteiger partial charge in [0.15, 0.2) is 0 Å². The Morgan fingerprint density at radius 1 is 1.14 bits per heavy atom. The smallest absolute Gasteiger partial charge is 0.275 e. The first-order valence-electron chi connectivity index (χ1n) is 5.42. The van der Waals surface area contributed by atoms with Crippen LogP contribution in [-0.4, -0.2) is 29.5 Å². The highest BCUT2D eigenvalue weighted by Gasteiger charge is 2.34. The normalized spacial score (nSPS) is 16.6. The molecule has 0 aliphatic carbocycles. The molecule has 14 heavy (non-hydrogen) atoms. The van der Waals surface area contributed by atoms with Gasteiger partial charge in [-0.1, -0.05) is 27.7 Å². The standard InChI is InChI=1S/C10H24NO2P/c1-7-11(8-2)14(12,10(5)6)13-9(3)4/h9-10H,7-8H2,1-6H3. The first kappa shape index (κ1) is 14.2. The summed E-state index contributed by atoms with van der Waals surface area (Å²) in [5.74, 6) is 0. The number of hydrogen-bond acceptors (Lipinski definition) is 2. The Kier molecular flexibility index (Phi) is 5.96. The van der Waals surface area contributed by atoms with Crippen molar-refractivity contribution < 1.29 is 9.09 Å². The van der Waals surface area contributed by atoms with Crippen molar-refractivity contribution in [1.29, 1.82) is 0 Å². The zero-order valence-corrected chi connectivity index (χ0v) is 11.2. The fraction of sp³-hybridized carbons (Fsp3) is 1.00. The fourth-order valence-electron chi connectivity index (χ4n) is 1.43. The average Bonchev–Trinajstić information content (AvgIpc) is 2.04. The maximum Gasteiger partial charge on any atom is 0.275 e. The first-order valence-corrected chi connectivity index (χ1v) is 7.06. The highest BCUT2D eigenvalue weighted by atomic mass is 31.2. The lowest BCUT2D eigenvalue weighted by Gasteiger charge is -2.33. The zero-order chi connectivity index (χ0) is 11.4. The van der Waals surface area contributed by atoms with Crippen molar-refractivity contribution in [1.82, 2.24) is 4.67 Å². The van der Waals surface area contributed by atoms with Crippen molar-refractivity contribution in [3.05, 3.63) is 0 Å². The zero-order valence-electron chi connectivity index (χ0n) is 10.3. The molecule has 0 amide bonds. The molecule has 0 aromatic carbocycles. The molecule has 4 heteroatoms. The summed E-state index contributed by atoms with van der Waals surface area (Å²) in [7, 11) is -2.62. The lowest BCUT2D eigenvalue weighted by atomic mass is 10.5. The van der Waals surface area contributed by atoms with E-state index < -0.39 is 7.52 Å². The van der Waals surface area contributed by atoms with Crippen molar-refractivity contribution >= 4 is 7.52 Å². The van der Waals surface area contributed by atoms with E-state index in [0.717, 1.165) is 13.1 Å². The summed E-state index contributed by atoms with van der Waals surface area (Å²) in [4.78, 5) is 0. The van der Waals surface area contributed by atoms with Gasteiger partial charge in [-0.2, -0.15) is 0 Å². The Morgan fingerprint density at radius 2 is 1.57 bits per heavy atom. The van der Waals surface area contributed by atoms with Crippen molar-refractivity contribution in [3.8, 4) is 0 Å². The molecule has 0 spiro atoms. The molecule has 0 bridgehead atoms. The average molecular weight is 221 g/mol. The third-order valence-electron chi connectivity index (χ3n) is 2.14. The minimum Gasteiger partial charge on any atom is -0.314 e. The van der Waals surface area contributed by atoms with Crippen LogP contribution in [0.2, 0.25) is 0 Å². The van der Waals surface area contributed by atoms with E-state index in [9.17, 15) is 4.57 Å². The fourth-order valence-corrected chi connectivity index (χ4v) is 3.86. The number of rotatable bonds is 6. The minimum atomic E-state index is -2.62. The second-order valence-electron chi connectivity index (χ2n) is 3.95. The van der Waals surface area contributed by atoms with Crippen molar-refractivity contribution in [2.75, 3.05) is 13.1 Å². The van der Waals surface area contributed by atoms with Gasteiger partial charge in [-0.05, 0) is 13.8 Å². The van der Waals surface area contributed by atoms with Gasteiger partial charge >= 0.3 is 0 Å². The topological polar surface area (TPSA) is 29.5 Å². The van der Waals surface area contributed by atoms with Gasteiger partial charge in [-0.3, -0.25) is 4.57 Å². The molecule has 3 nitrogen and oxygen atoms in total. The molecular formula is C10H24NO2P. The lowest BCUT2D eigenvalue weighted by Crippen LogP contribution is -2.27. The second kappa shape index (κ2) is 5.89. The predicted octanol–water partition coefficient (Wildman–Crippen LogP) is 3.35. The highest BCUT2D eigenvalue weighted by molar-refractivity contribution is 7.57. The predicted molar refractivity (Wildman–Crippen MR) is 61.9 cm³/mol. The molecule has 0 aliphatic rings. The van der Waals surface area contributed by atoms with E-state index in [-0.39, 0.29) is 11.8 Å². The van der Waals surface area contributed by atoms with E-state index >= 15 is 0 Å². The van der Waals surface area contributed by atoms with Crippen molar-refractivity contribution in [2.45, 2.75) is 53.3 Å². The SMILES string of the molecule is CCN(CC)P(=O)(OC(C)C)C(C)C. The summed E-state index contributed by atoms with van der Waals surface area (Å²) in [6.45, 7) is 13.4. The molecule has 0 fully saturated rings. The van der Waals surface area contributed by atoms with Crippen LogP contribution in [0.25, 0.3) is 0 Å². The van der Waals surface area contributed by atoms with E-state index in [1.54, 1.807) is 0 Å². The Bertz CT molecular complexity index is 200. The minimum absolute atomic E-state index is 0.0174. The van der Waals surface area contributed by atoms with Gasteiger partial charge in [-0.15, -0.1) is 0 Å². The van der Waals surface area contributed by atoms with Gasteiger partial charge in [0.1, 0.15) is 0 Å². The molecule has 0 N–H and O–H groups in total. The van der Waals surface area contributed by atoms with Crippen molar-refractivity contribution in [3.63, 3.8) is 0 Å². The summed E-state index contributed by atoms with van der Waals surface area (Å²) in [6.07, 6.45) is 0.0174. The van der Waals surface area contributed by atoms with Crippen LogP contribution in [0.3, 0.4) is 0 Å². The summed E-state index contributed by atoms with van der Waals surface area (Å²) < 4.78 is 20.2. The summed E-state index contributed by atoms with van der Waals surface area (Å²) >= 11 is 0. The molecular weight excluding hydrogens is 197 g/mol. The van der Waals surface area contributed by atoms with Crippen LogP contribution < -0.4 is 0 Å². The Labute approximate surface area is 88.3 Å². The molecule has 1 unspecified atom stereocenters. The molecule has 0 heterocycles. The summed E-state index contributed by atoms with van der Waals surface area (Å²) in [5, 5.41) is 0. The molecule has 0 radical (unpaired) electrons. The Balaban J connectivity index is 4.79. The third-order valence-corrected chi connectivity index (χ3v) is 5.52. The van der Waals surface area contributed by atoms with Crippen LogP contribution in [0.5, 0.6) is 0 Å². The maximum atomic E-state index is 12.6. The maximum absolute atomic E-state index is 12.6. The molecule has 1 atom stereocenters. The molecule has 0 saturated heterocycles. The van der Waals surface area contributed by atoms with Crippen LogP contribution in [-0.2, 0) is 9.09 Å². The van der Waals surface area contributed by atoms with Gasteiger partial charge in [0.2, 0.25) is 0 Å². The monoisotopic (exact) mass is 221 g/mol. The lowest BCUT2D eigenvalue weighted by molar-refractivity contribution is 0.206.